The lowest BCUT2D eigenvalue weighted by Gasteiger charge is -2.34. The summed E-state index contributed by atoms with van der Waals surface area (Å²) in [5.41, 5.74) is 1.02. The van der Waals surface area contributed by atoms with Gasteiger partial charge in [0.05, 0.1) is 12.9 Å². The van der Waals surface area contributed by atoms with Crippen LogP contribution in [0.15, 0.2) is 12.1 Å². The minimum Gasteiger partial charge on any atom is -0.496 e. The van der Waals surface area contributed by atoms with Crippen LogP contribution in [0.2, 0.25) is 0 Å². The SMILES string of the molecule is CCCCCS(=O)(=O)N1CCN(Cc2cc3c(cc2OC)OCO3)CC1. The van der Waals surface area contributed by atoms with Crippen molar-refractivity contribution < 1.29 is 22.6 Å². The monoisotopic (exact) mass is 384 g/mol. The first kappa shape index (κ1) is 19.3. The zero-order valence-electron chi connectivity index (χ0n) is 15.6. The van der Waals surface area contributed by atoms with Gasteiger partial charge in [0.1, 0.15) is 5.75 Å². The second-order valence-corrected chi connectivity index (χ2v) is 8.80. The van der Waals surface area contributed by atoms with E-state index < -0.39 is 10.0 Å². The summed E-state index contributed by atoms with van der Waals surface area (Å²) in [5.74, 6) is 2.46. The van der Waals surface area contributed by atoms with E-state index >= 15 is 0 Å². The molecule has 1 aromatic rings. The zero-order valence-corrected chi connectivity index (χ0v) is 16.4. The molecule has 0 N–H and O–H groups in total. The zero-order chi connectivity index (χ0) is 18.6. The van der Waals surface area contributed by atoms with Crippen molar-refractivity contribution in [1.82, 2.24) is 9.21 Å². The van der Waals surface area contributed by atoms with Crippen molar-refractivity contribution in [2.75, 3.05) is 45.8 Å². The normalized spacial score (nSPS) is 18.2. The van der Waals surface area contributed by atoms with Gasteiger partial charge in [-0.3, -0.25) is 4.90 Å². The number of piperazine rings is 1. The lowest BCUT2D eigenvalue weighted by Crippen LogP contribution is -2.48. The first-order valence-corrected chi connectivity index (χ1v) is 10.8. The molecule has 0 atom stereocenters. The highest BCUT2D eigenvalue weighted by atomic mass is 32.2. The second-order valence-electron chi connectivity index (χ2n) is 6.72. The van der Waals surface area contributed by atoms with Crippen LogP contribution in [0, 0.1) is 0 Å². The number of benzene rings is 1. The van der Waals surface area contributed by atoms with E-state index in [1.165, 1.54) is 0 Å². The lowest BCUT2D eigenvalue weighted by atomic mass is 10.1. The van der Waals surface area contributed by atoms with Crippen molar-refractivity contribution in [2.24, 2.45) is 0 Å². The number of hydrogen-bond donors (Lipinski definition) is 0. The molecule has 2 aliphatic rings. The molecule has 2 aliphatic heterocycles. The Kier molecular flexibility index (Phi) is 6.26. The van der Waals surface area contributed by atoms with E-state index in [2.05, 4.69) is 11.8 Å². The van der Waals surface area contributed by atoms with Gasteiger partial charge in [-0.05, 0) is 12.5 Å². The molecule has 0 aliphatic carbocycles. The summed E-state index contributed by atoms with van der Waals surface area (Å²) in [4.78, 5) is 2.25. The molecular weight excluding hydrogens is 356 g/mol. The van der Waals surface area contributed by atoms with Gasteiger partial charge < -0.3 is 14.2 Å². The van der Waals surface area contributed by atoms with Crippen LogP contribution in [0.1, 0.15) is 31.7 Å². The number of nitrogens with zero attached hydrogens (tertiary/aromatic N) is 2. The average molecular weight is 384 g/mol. The Hall–Kier alpha value is -1.51. The fraction of sp³-hybridized carbons (Fsp3) is 0.667. The van der Waals surface area contributed by atoms with E-state index in [9.17, 15) is 8.42 Å². The summed E-state index contributed by atoms with van der Waals surface area (Å²) in [6.07, 6.45) is 2.73. The fourth-order valence-electron chi connectivity index (χ4n) is 3.35. The van der Waals surface area contributed by atoms with Crippen molar-refractivity contribution in [2.45, 2.75) is 32.7 Å². The molecule has 8 heteroatoms. The van der Waals surface area contributed by atoms with Gasteiger partial charge >= 0.3 is 0 Å². The number of ether oxygens (including phenoxy) is 3. The summed E-state index contributed by atoms with van der Waals surface area (Å²) >= 11 is 0. The van der Waals surface area contributed by atoms with Crippen LogP contribution in [0.4, 0.5) is 0 Å². The standard InChI is InChI=1S/C18H28N2O5S/c1-3-4-5-10-26(21,22)20-8-6-19(7-9-20)13-15-11-17-18(25-14-24-17)12-16(15)23-2/h11-12H,3-10,13-14H2,1-2H3. The van der Waals surface area contributed by atoms with E-state index in [-0.39, 0.29) is 12.5 Å². The van der Waals surface area contributed by atoms with Gasteiger partial charge in [-0.1, -0.05) is 19.8 Å². The summed E-state index contributed by atoms with van der Waals surface area (Å²) < 4.78 is 42.8. The first-order valence-electron chi connectivity index (χ1n) is 9.20. The van der Waals surface area contributed by atoms with Gasteiger partial charge in [0.25, 0.3) is 0 Å². The molecular formula is C18H28N2O5S. The summed E-state index contributed by atoms with van der Waals surface area (Å²) in [6.45, 7) is 5.52. The summed E-state index contributed by atoms with van der Waals surface area (Å²) in [7, 11) is -1.49. The van der Waals surface area contributed by atoms with Crippen LogP contribution in [0.3, 0.4) is 0 Å². The molecule has 1 fully saturated rings. The second kappa shape index (κ2) is 8.45. The van der Waals surface area contributed by atoms with E-state index in [1.54, 1.807) is 11.4 Å². The quantitative estimate of drug-likeness (QED) is 0.639. The third kappa shape index (κ3) is 4.42. The fourth-order valence-corrected chi connectivity index (χ4v) is 4.90. The molecule has 2 heterocycles. The van der Waals surface area contributed by atoms with Crippen LogP contribution in [0.5, 0.6) is 17.2 Å². The van der Waals surface area contributed by atoms with Crippen LogP contribution in [-0.4, -0.2) is 63.5 Å². The van der Waals surface area contributed by atoms with Crippen molar-refractivity contribution in [3.63, 3.8) is 0 Å². The molecule has 0 saturated carbocycles. The number of hydrogen-bond acceptors (Lipinski definition) is 6. The Labute approximate surface area is 155 Å². The molecule has 0 amide bonds. The van der Waals surface area contributed by atoms with E-state index in [0.29, 0.717) is 38.5 Å². The molecule has 0 bridgehead atoms. The molecule has 0 spiro atoms. The average Bonchev–Trinajstić information content (AvgIpc) is 3.09. The molecule has 1 saturated heterocycles. The third-order valence-corrected chi connectivity index (χ3v) is 6.86. The maximum absolute atomic E-state index is 12.4. The van der Waals surface area contributed by atoms with Crippen molar-refractivity contribution >= 4 is 10.0 Å². The predicted octanol–water partition coefficient (Wildman–Crippen LogP) is 2.06. The van der Waals surface area contributed by atoms with Crippen molar-refractivity contribution in [3.05, 3.63) is 17.7 Å². The molecule has 0 unspecified atom stereocenters. The highest BCUT2D eigenvalue weighted by molar-refractivity contribution is 7.89. The molecule has 0 aromatic heterocycles. The number of rotatable bonds is 8. The van der Waals surface area contributed by atoms with Gasteiger partial charge in [0.15, 0.2) is 11.5 Å². The lowest BCUT2D eigenvalue weighted by molar-refractivity contribution is 0.173. The Balaban J connectivity index is 1.58. The first-order chi connectivity index (χ1) is 12.5. The Bertz CT molecular complexity index is 715. The van der Waals surface area contributed by atoms with Crippen molar-refractivity contribution in [3.8, 4) is 17.2 Å². The van der Waals surface area contributed by atoms with E-state index in [1.807, 2.05) is 12.1 Å². The van der Waals surface area contributed by atoms with Crippen LogP contribution in [0.25, 0.3) is 0 Å². The number of fused-ring (bicyclic) bond motifs is 1. The third-order valence-electron chi connectivity index (χ3n) is 4.90. The minimum absolute atomic E-state index is 0.233. The summed E-state index contributed by atoms with van der Waals surface area (Å²) in [6, 6.07) is 3.81. The van der Waals surface area contributed by atoms with Gasteiger partial charge in [-0.2, -0.15) is 4.31 Å². The molecule has 0 radical (unpaired) electrons. The number of unbranched alkanes of at least 4 members (excludes halogenated alkanes) is 2. The van der Waals surface area contributed by atoms with Crippen LogP contribution < -0.4 is 14.2 Å². The molecule has 7 nitrogen and oxygen atoms in total. The highest BCUT2D eigenvalue weighted by Crippen LogP contribution is 2.38. The van der Waals surface area contributed by atoms with E-state index in [4.69, 9.17) is 14.2 Å². The Morgan fingerprint density at radius 1 is 1.08 bits per heavy atom. The Morgan fingerprint density at radius 3 is 2.42 bits per heavy atom. The summed E-state index contributed by atoms with van der Waals surface area (Å²) in [5, 5.41) is 0. The topological polar surface area (TPSA) is 68.3 Å². The molecule has 146 valence electrons. The maximum Gasteiger partial charge on any atom is 0.231 e. The molecule has 1 aromatic carbocycles. The smallest absolute Gasteiger partial charge is 0.231 e. The number of sulfonamides is 1. The molecule has 3 rings (SSSR count). The van der Waals surface area contributed by atoms with Crippen LogP contribution >= 0.6 is 0 Å². The largest absolute Gasteiger partial charge is 0.496 e. The van der Waals surface area contributed by atoms with Crippen LogP contribution in [-0.2, 0) is 16.6 Å². The highest BCUT2D eigenvalue weighted by Gasteiger charge is 2.27. The van der Waals surface area contributed by atoms with Gasteiger partial charge in [0, 0.05) is 44.4 Å². The molecule has 26 heavy (non-hydrogen) atoms. The maximum atomic E-state index is 12.4. The van der Waals surface area contributed by atoms with E-state index in [0.717, 1.165) is 36.3 Å². The van der Waals surface area contributed by atoms with Gasteiger partial charge in [-0.25, -0.2) is 8.42 Å². The van der Waals surface area contributed by atoms with Gasteiger partial charge in [0.2, 0.25) is 16.8 Å². The minimum atomic E-state index is -3.13. The predicted molar refractivity (Wildman–Crippen MR) is 99.3 cm³/mol. The van der Waals surface area contributed by atoms with Gasteiger partial charge in [-0.15, -0.1) is 0 Å². The van der Waals surface area contributed by atoms with Crippen molar-refractivity contribution in [1.29, 1.82) is 0 Å². The number of methoxy groups -OCH3 is 1. The Morgan fingerprint density at radius 2 is 1.77 bits per heavy atom.